The third-order valence-electron chi connectivity index (χ3n) is 5.77. The maximum atomic E-state index is 13.5. The molecule has 0 aromatic heterocycles. The van der Waals surface area contributed by atoms with Crippen molar-refractivity contribution in [1.29, 1.82) is 0 Å². The first-order chi connectivity index (χ1) is 17.0. The van der Waals surface area contributed by atoms with Crippen LogP contribution in [0.3, 0.4) is 0 Å². The zero-order valence-corrected chi connectivity index (χ0v) is 21.5. The van der Waals surface area contributed by atoms with Crippen LogP contribution in [-0.4, -0.2) is 34.3 Å². The highest BCUT2D eigenvalue weighted by Gasteiger charge is 2.41. The molecule has 1 unspecified atom stereocenters. The minimum atomic E-state index is -0.815. The van der Waals surface area contributed by atoms with Crippen LogP contribution in [0.4, 0.5) is 0 Å². The molecule has 0 radical (unpaired) electrons. The SMILES string of the molecule is CC(C)C[C@@H](C(=O)NN1C(=O)c2ccccc2C1=O)C(C/C=C/c1ccccc1)C(=O)OC(C)(C)C. The normalized spacial score (nSPS) is 15.2. The molecular weight excluding hydrogens is 456 g/mol. The number of carbonyl (C=O) groups excluding carboxylic acids is 4. The summed E-state index contributed by atoms with van der Waals surface area (Å²) in [5.41, 5.74) is 3.20. The van der Waals surface area contributed by atoms with Crippen LogP contribution >= 0.6 is 0 Å². The monoisotopic (exact) mass is 490 g/mol. The van der Waals surface area contributed by atoms with Crippen LogP contribution in [0.25, 0.3) is 6.08 Å². The van der Waals surface area contributed by atoms with Gasteiger partial charge in [0.05, 0.1) is 23.0 Å². The van der Waals surface area contributed by atoms with Gasteiger partial charge in [-0.2, -0.15) is 5.01 Å². The number of benzene rings is 2. The van der Waals surface area contributed by atoms with E-state index in [4.69, 9.17) is 4.74 Å². The minimum Gasteiger partial charge on any atom is -0.460 e. The Morgan fingerprint density at radius 2 is 1.47 bits per heavy atom. The Labute approximate surface area is 212 Å². The molecule has 1 N–H and O–H groups in total. The first-order valence-electron chi connectivity index (χ1n) is 12.2. The van der Waals surface area contributed by atoms with Crippen molar-refractivity contribution in [2.75, 3.05) is 0 Å². The van der Waals surface area contributed by atoms with Crippen LogP contribution in [0, 0.1) is 17.8 Å². The maximum Gasteiger partial charge on any atom is 0.310 e. The zero-order valence-electron chi connectivity index (χ0n) is 21.5. The zero-order chi connectivity index (χ0) is 26.5. The standard InChI is InChI=1S/C29H34N2O5/c1-19(2)18-24(25(32)30-31-26(33)21-15-9-10-16-22(21)27(31)34)23(28(35)36-29(3,4)5)17-11-14-20-12-7-6-8-13-20/h6-16,19,23-24H,17-18H2,1-5H3,(H,30,32)/b14-11+/t23?,24-/m1/s1. The molecule has 0 fully saturated rings. The number of esters is 1. The summed E-state index contributed by atoms with van der Waals surface area (Å²) in [6.45, 7) is 9.23. The highest BCUT2D eigenvalue weighted by atomic mass is 16.6. The molecule has 3 amide bonds. The van der Waals surface area contributed by atoms with Gasteiger partial charge in [-0.25, -0.2) is 0 Å². The van der Waals surface area contributed by atoms with Gasteiger partial charge in [0.1, 0.15) is 5.60 Å². The molecule has 3 rings (SSSR count). The van der Waals surface area contributed by atoms with Crippen molar-refractivity contribution in [2.45, 2.75) is 53.1 Å². The first kappa shape index (κ1) is 26.9. The highest BCUT2D eigenvalue weighted by molar-refractivity contribution is 6.21. The average molecular weight is 491 g/mol. The fourth-order valence-corrected chi connectivity index (χ4v) is 4.16. The number of ether oxygens (including phenoxy) is 1. The number of fused-ring (bicyclic) bond motifs is 1. The molecular formula is C29H34N2O5. The summed E-state index contributed by atoms with van der Waals surface area (Å²) >= 11 is 0. The van der Waals surface area contributed by atoms with Crippen molar-refractivity contribution in [3.8, 4) is 0 Å². The van der Waals surface area contributed by atoms with E-state index in [1.165, 1.54) is 0 Å². The smallest absolute Gasteiger partial charge is 0.310 e. The minimum absolute atomic E-state index is 0.0750. The van der Waals surface area contributed by atoms with Crippen molar-refractivity contribution in [2.24, 2.45) is 17.8 Å². The Morgan fingerprint density at radius 1 is 0.917 bits per heavy atom. The van der Waals surface area contributed by atoms with Crippen LogP contribution in [0.1, 0.15) is 73.7 Å². The van der Waals surface area contributed by atoms with E-state index in [9.17, 15) is 19.2 Å². The lowest BCUT2D eigenvalue weighted by atomic mass is 9.82. The predicted molar refractivity (Wildman–Crippen MR) is 137 cm³/mol. The first-order valence-corrected chi connectivity index (χ1v) is 12.2. The van der Waals surface area contributed by atoms with E-state index in [1.54, 1.807) is 45.0 Å². The van der Waals surface area contributed by atoms with Gasteiger partial charge in [-0.1, -0.05) is 68.5 Å². The van der Waals surface area contributed by atoms with Crippen LogP contribution in [0.5, 0.6) is 0 Å². The summed E-state index contributed by atoms with van der Waals surface area (Å²) in [4.78, 5) is 52.4. The number of hydrazine groups is 1. The molecule has 7 heteroatoms. The quantitative estimate of drug-likeness (QED) is 0.393. The maximum absolute atomic E-state index is 13.5. The highest BCUT2D eigenvalue weighted by Crippen LogP contribution is 2.29. The summed E-state index contributed by atoms with van der Waals surface area (Å²) in [5, 5.41) is 0.742. The summed E-state index contributed by atoms with van der Waals surface area (Å²) < 4.78 is 5.68. The fraction of sp³-hybridized carbons (Fsp3) is 0.379. The lowest BCUT2D eigenvalue weighted by Gasteiger charge is -2.30. The number of carbonyl (C=O) groups is 4. The van der Waals surface area contributed by atoms with Crippen molar-refractivity contribution < 1.29 is 23.9 Å². The van der Waals surface area contributed by atoms with E-state index in [-0.39, 0.29) is 23.5 Å². The van der Waals surface area contributed by atoms with E-state index in [0.717, 1.165) is 10.6 Å². The van der Waals surface area contributed by atoms with Gasteiger partial charge < -0.3 is 4.74 Å². The molecule has 1 aliphatic rings. The molecule has 36 heavy (non-hydrogen) atoms. The Kier molecular flexibility index (Phi) is 8.45. The predicted octanol–water partition coefficient (Wildman–Crippen LogP) is 5.04. The third kappa shape index (κ3) is 6.68. The number of hydrogen-bond donors (Lipinski definition) is 1. The Hall–Kier alpha value is -3.74. The molecule has 0 aliphatic carbocycles. The molecule has 2 atom stereocenters. The van der Waals surface area contributed by atoms with Gasteiger partial charge in [-0.15, -0.1) is 0 Å². The number of allylic oxidation sites excluding steroid dienone is 1. The van der Waals surface area contributed by atoms with Crippen LogP contribution < -0.4 is 5.43 Å². The average Bonchev–Trinajstić information content (AvgIpc) is 3.05. The van der Waals surface area contributed by atoms with Crippen LogP contribution in [0.15, 0.2) is 60.7 Å². The lowest BCUT2D eigenvalue weighted by Crippen LogP contribution is -2.50. The van der Waals surface area contributed by atoms with E-state index >= 15 is 0 Å². The van der Waals surface area contributed by atoms with Crippen LogP contribution in [0.2, 0.25) is 0 Å². The van der Waals surface area contributed by atoms with Crippen molar-refractivity contribution in [3.63, 3.8) is 0 Å². The number of nitrogens with one attached hydrogen (secondary N) is 1. The van der Waals surface area contributed by atoms with Gasteiger partial charge >= 0.3 is 5.97 Å². The molecule has 1 heterocycles. The second kappa shape index (κ2) is 11.3. The summed E-state index contributed by atoms with van der Waals surface area (Å²) in [5.74, 6) is -3.79. The van der Waals surface area contributed by atoms with Gasteiger partial charge in [0.15, 0.2) is 0 Å². The molecule has 1 aliphatic heterocycles. The van der Waals surface area contributed by atoms with Crippen LogP contribution in [-0.2, 0) is 14.3 Å². The Balaban J connectivity index is 1.87. The molecule has 0 bridgehead atoms. The molecule has 2 aromatic rings. The number of hydrogen-bond acceptors (Lipinski definition) is 5. The van der Waals surface area contributed by atoms with Crippen molar-refractivity contribution >= 4 is 29.8 Å². The fourth-order valence-electron chi connectivity index (χ4n) is 4.16. The summed E-state index contributed by atoms with van der Waals surface area (Å²) in [6.07, 6.45) is 4.38. The van der Waals surface area contributed by atoms with E-state index in [0.29, 0.717) is 6.42 Å². The number of nitrogens with zero attached hydrogens (tertiary/aromatic N) is 1. The van der Waals surface area contributed by atoms with Gasteiger partial charge in [0.2, 0.25) is 5.91 Å². The Morgan fingerprint density at radius 3 is 2.00 bits per heavy atom. The van der Waals surface area contributed by atoms with E-state index in [1.807, 2.05) is 56.3 Å². The van der Waals surface area contributed by atoms with E-state index in [2.05, 4.69) is 5.43 Å². The Bertz CT molecular complexity index is 1110. The molecule has 190 valence electrons. The molecule has 0 spiro atoms. The topological polar surface area (TPSA) is 92.8 Å². The summed E-state index contributed by atoms with van der Waals surface area (Å²) in [7, 11) is 0. The van der Waals surface area contributed by atoms with E-state index < -0.39 is 41.1 Å². The second-order valence-electron chi connectivity index (χ2n) is 10.4. The molecule has 0 saturated heterocycles. The van der Waals surface area contributed by atoms with Gasteiger partial charge in [-0.3, -0.25) is 24.6 Å². The third-order valence-corrected chi connectivity index (χ3v) is 5.77. The molecule has 2 aromatic carbocycles. The van der Waals surface area contributed by atoms with Crippen molar-refractivity contribution in [3.05, 3.63) is 77.4 Å². The second-order valence-corrected chi connectivity index (χ2v) is 10.4. The van der Waals surface area contributed by atoms with Crippen molar-refractivity contribution in [1.82, 2.24) is 10.4 Å². The number of amides is 3. The molecule has 7 nitrogen and oxygen atoms in total. The number of rotatable bonds is 9. The largest absolute Gasteiger partial charge is 0.460 e. The summed E-state index contributed by atoms with van der Waals surface area (Å²) in [6, 6.07) is 16.1. The van der Waals surface area contributed by atoms with Gasteiger partial charge in [0, 0.05) is 0 Å². The molecule has 0 saturated carbocycles. The van der Waals surface area contributed by atoms with Gasteiger partial charge in [-0.05, 0) is 57.2 Å². The number of imide groups is 1. The van der Waals surface area contributed by atoms with Gasteiger partial charge in [0.25, 0.3) is 11.8 Å². The lowest BCUT2D eigenvalue weighted by molar-refractivity contribution is -0.164.